The first kappa shape index (κ1) is 14.9. The predicted molar refractivity (Wildman–Crippen MR) is 97.4 cm³/mol. The van der Waals surface area contributed by atoms with Gasteiger partial charge in [0.15, 0.2) is 5.16 Å². The van der Waals surface area contributed by atoms with Crippen LogP contribution in [0.4, 0.5) is 0 Å². The molecule has 0 unspecified atom stereocenters. The third-order valence-electron chi connectivity index (χ3n) is 3.92. The highest BCUT2D eigenvalue weighted by Gasteiger charge is 2.15. The number of thioether (sulfide) groups is 1. The Bertz CT molecular complexity index is 958. The van der Waals surface area contributed by atoms with Gasteiger partial charge in [0.2, 0.25) is 5.91 Å². The summed E-state index contributed by atoms with van der Waals surface area (Å²) in [5, 5.41) is 2.92. The molecule has 4 nitrogen and oxygen atoms in total. The number of carbonyl (C=O) groups excluding carboxylic acids is 1. The van der Waals surface area contributed by atoms with Crippen molar-refractivity contribution in [2.45, 2.75) is 11.6 Å². The molecule has 118 valence electrons. The van der Waals surface area contributed by atoms with E-state index < -0.39 is 0 Å². The lowest BCUT2D eigenvalue weighted by Crippen LogP contribution is -2.11. The van der Waals surface area contributed by atoms with Crippen molar-refractivity contribution in [1.29, 1.82) is 0 Å². The van der Waals surface area contributed by atoms with Crippen molar-refractivity contribution < 1.29 is 4.79 Å². The Morgan fingerprint density at radius 2 is 1.46 bits per heavy atom. The van der Waals surface area contributed by atoms with Crippen LogP contribution in [0.3, 0.4) is 0 Å². The van der Waals surface area contributed by atoms with Gasteiger partial charge in [-0.25, -0.2) is 9.97 Å². The van der Waals surface area contributed by atoms with Gasteiger partial charge in [0.25, 0.3) is 0 Å². The molecule has 0 atom stereocenters. The molecule has 0 bridgehead atoms. The van der Waals surface area contributed by atoms with Crippen LogP contribution < -0.4 is 0 Å². The number of nitrogens with zero attached hydrogens (tertiary/aromatic N) is 3. The first-order valence-corrected chi connectivity index (χ1v) is 8.74. The number of para-hydroxylation sites is 2. The van der Waals surface area contributed by atoms with Crippen LogP contribution in [0.1, 0.15) is 11.2 Å². The average molecular weight is 333 g/mol. The number of carbonyl (C=O) groups is 1. The van der Waals surface area contributed by atoms with Gasteiger partial charge in [-0.3, -0.25) is 9.36 Å². The van der Waals surface area contributed by atoms with Gasteiger partial charge in [-0.2, -0.15) is 0 Å². The summed E-state index contributed by atoms with van der Waals surface area (Å²) in [4.78, 5) is 21.2. The van der Waals surface area contributed by atoms with E-state index in [2.05, 4.69) is 22.1 Å². The van der Waals surface area contributed by atoms with Gasteiger partial charge in [-0.15, -0.1) is 0 Å². The number of aromatic nitrogens is 3. The maximum atomic E-state index is 12.8. The van der Waals surface area contributed by atoms with Crippen molar-refractivity contribution in [2.75, 3.05) is 5.75 Å². The molecule has 4 rings (SSSR count). The molecule has 24 heavy (non-hydrogen) atoms. The summed E-state index contributed by atoms with van der Waals surface area (Å²) in [6, 6.07) is 17.9. The standard InChI is InChI=1S/C19H15N3OS/c23-18(10-13-24-19-20-11-5-12-21-19)22-16-8-3-1-6-14(16)15-7-2-4-9-17(15)22/h1-9,11-12H,10,13H2. The molecule has 2 aromatic carbocycles. The largest absolute Gasteiger partial charge is 0.280 e. The molecule has 0 aliphatic rings. The van der Waals surface area contributed by atoms with Crippen LogP contribution in [0, 0.1) is 0 Å². The van der Waals surface area contributed by atoms with Crippen molar-refractivity contribution in [3.63, 3.8) is 0 Å². The van der Waals surface area contributed by atoms with Gasteiger partial charge < -0.3 is 0 Å². The molecule has 0 fully saturated rings. The van der Waals surface area contributed by atoms with Gasteiger partial charge in [-0.05, 0) is 18.2 Å². The Balaban J connectivity index is 1.64. The second kappa shape index (κ2) is 6.45. The van der Waals surface area contributed by atoms with E-state index in [-0.39, 0.29) is 5.91 Å². The van der Waals surface area contributed by atoms with Crippen molar-refractivity contribution in [3.05, 3.63) is 67.0 Å². The lowest BCUT2D eigenvalue weighted by Gasteiger charge is -2.05. The van der Waals surface area contributed by atoms with Crippen LogP contribution in [0.5, 0.6) is 0 Å². The van der Waals surface area contributed by atoms with Crippen LogP contribution in [0.15, 0.2) is 72.1 Å². The van der Waals surface area contributed by atoms with E-state index in [0.717, 1.165) is 21.8 Å². The molecule has 0 saturated carbocycles. The monoisotopic (exact) mass is 333 g/mol. The highest BCUT2D eigenvalue weighted by Crippen LogP contribution is 2.29. The van der Waals surface area contributed by atoms with E-state index in [1.807, 2.05) is 41.0 Å². The molecule has 2 heterocycles. The minimum Gasteiger partial charge on any atom is -0.280 e. The lowest BCUT2D eigenvalue weighted by molar-refractivity contribution is 0.0920. The summed E-state index contributed by atoms with van der Waals surface area (Å²) in [6.45, 7) is 0. The van der Waals surface area contributed by atoms with Gasteiger partial charge >= 0.3 is 0 Å². The SMILES string of the molecule is O=C(CCSc1ncccn1)n1c2ccccc2c2ccccc21. The molecule has 5 heteroatoms. The summed E-state index contributed by atoms with van der Waals surface area (Å²) in [7, 11) is 0. The Hall–Kier alpha value is -2.66. The first-order chi connectivity index (χ1) is 11.8. The normalized spacial score (nSPS) is 11.2. The highest BCUT2D eigenvalue weighted by atomic mass is 32.2. The van der Waals surface area contributed by atoms with E-state index in [4.69, 9.17) is 0 Å². The Morgan fingerprint density at radius 3 is 2.08 bits per heavy atom. The molecule has 0 radical (unpaired) electrons. The smallest absolute Gasteiger partial charge is 0.232 e. The van der Waals surface area contributed by atoms with Crippen LogP contribution in [0.25, 0.3) is 21.8 Å². The van der Waals surface area contributed by atoms with Crippen LogP contribution >= 0.6 is 11.8 Å². The van der Waals surface area contributed by atoms with E-state index in [1.165, 1.54) is 11.8 Å². The summed E-state index contributed by atoms with van der Waals surface area (Å²) in [6.07, 6.45) is 3.86. The number of hydrogen-bond donors (Lipinski definition) is 0. The fourth-order valence-corrected chi connectivity index (χ4v) is 3.62. The Morgan fingerprint density at radius 1 is 0.875 bits per heavy atom. The first-order valence-electron chi connectivity index (χ1n) is 7.76. The lowest BCUT2D eigenvalue weighted by atomic mass is 10.2. The minimum atomic E-state index is 0.0934. The molecule has 0 aliphatic heterocycles. The molecule has 0 saturated heterocycles. The maximum Gasteiger partial charge on any atom is 0.232 e. The molecule has 0 N–H and O–H groups in total. The predicted octanol–water partition coefficient (Wildman–Crippen LogP) is 4.41. The van der Waals surface area contributed by atoms with Crippen molar-refractivity contribution in [2.24, 2.45) is 0 Å². The summed E-state index contributed by atoms with van der Waals surface area (Å²) in [5.74, 6) is 0.750. The van der Waals surface area contributed by atoms with E-state index in [9.17, 15) is 4.79 Å². The van der Waals surface area contributed by atoms with Crippen LogP contribution in [0.2, 0.25) is 0 Å². The van der Waals surface area contributed by atoms with Gasteiger partial charge in [0, 0.05) is 35.3 Å². The van der Waals surface area contributed by atoms with Crippen molar-refractivity contribution in [1.82, 2.24) is 14.5 Å². The second-order valence-corrected chi connectivity index (χ2v) is 6.46. The average Bonchev–Trinajstić information content (AvgIpc) is 2.97. The molecule has 4 aromatic rings. The third-order valence-corrected chi connectivity index (χ3v) is 4.80. The summed E-state index contributed by atoms with van der Waals surface area (Å²) in [5.41, 5.74) is 1.93. The summed E-state index contributed by atoms with van der Waals surface area (Å²) < 4.78 is 1.83. The number of rotatable bonds is 4. The van der Waals surface area contributed by atoms with Crippen molar-refractivity contribution in [3.8, 4) is 0 Å². The zero-order valence-corrected chi connectivity index (χ0v) is 13.7. The molecular weight excluding hydrogens is 318 g/mol. The van der Waals surface area contributed by atoms with E-state index >= 15 is 0 Å². The zero-order chi connectivity index (χ0) is 16.4. The van der Waals surface area contributed by atoms with Gasteiger partial charge in [0.05, 0.1) is 11.0 Å². The Labute approximate surface area is 143 Å². The van der Waals surface area contributed by atoms with Gasteiger partial charge in [-0.1, -0.05) is 48.2 Å². The fraction of sp³-hybridized carbons (Fsp3) is 0.105. The zero-order valence-electron chi connectivity index (χ0n) is 12.9. The Kier molecular flexibility index (Phi) is 4.01. The topological polar surface area (TPSA) is 47.8 Å². The van der Waals surface area contributed by atoms with E-state index in [1.54, 1.807) is 18.5 Å². The molecule has 0 spiro atoms. The van der Waals surface area contributed by atoms with Gasteiger partial charge in [0.1, 0.15) is 0 Å². The molecule has 2 aromatic heterocycles. The number of hydrogen-bond acceptors (Lipinski definition) is 4. The fourth-order valence-electron chi connectivity index (χ4n) is 2.89. The quantitative estimate of drug-likeness (QED) is 0.410. The summed E-state index contributed by atoms with van der Waals surface area (Å²) >= 11 is 1.50. The second-order valence-electron chi connectivity index (χ2n) is 5.39. The number of benzene rings is 2. The van der Waals surface area contributed by atoms with Crippen LogP contribution in [-0.2, 0) is 0 Å². The van der Waals surface area contributed by atoms with E-state index in [0.29, 0.717) is 17.3 Å². The highest BCUT2D eigenvalue weighted by molar-refractivity contribution is 7.99. The molecule has 0 aliphatic carbocycles. The minimum absolute atomic E-state index is 0.0934. The number of fused-ring (bicyclic) bond motifs is 3. The van der Waals surface area contributed by atoms with Crippen molar-refractivity contribution >= 4 is 39.5 Å². The maximum absolute atomic E-state index is 12.8. The van der Waals surface area contributed by atoms with Crippen LogP contribution in [-0.4, -0.2) is 26.2 Å². The third kappa shape index (κ3) is 2.67. The molecular formula is C19H15N3OS. The molecule has 0 amide bonds.